The quantitative estimate of drug-likeness (QED) is 0.0243. The van der Waals surface area contributed by atoms with Gasteiger partial charge < -0.3 is 19.8 Å². The molecule has 0 heterocycles. The highest BCUT2D eigenvalue weighted by atomic mass is 31.2. The van der Waals surface area contributed by atoms with Crippen molar-refractivity contribution < 1.29 is 32.9 Å². The third kappa shape index (κ3) is 64.2. The second-order valence-corrected chi connectivity index (χ2v) is 24.9. The average Bonchev–Trinajstić information content (AvgIpc) is 3.47. The van der Waals surface area contributed by atoms with Gasteiger partial charge in [-0.1, -0.05) is 295 Å². The van der Waals surface area contributed by atoms with Crippen LogP contribution in [0.4, 0.5) is 0 Å². The third-order valence-corrected chi connectivity index (χ3v) is 15.3. The molecule has 82 heavy (non-hydrogen) atoms. The van der Waals surface area contributed by atoms with E-state index in [2.05, 4.69) is 141 Å². The Balaban J connectivity index is 4.19. The number of likely N-dealkylation sites (N-methyl/N-ethyl adjacent to an activating group) is 1. The van der Waals surface area contributed by atoms with Crippen LogP contribution in [-0.4, -0.2) is 73.4 Å². The van der Waals surface area contributed by atoms with Crippen LogP contribution in [0.15, 0.2) is 134 Å². The molecule has 1 amide bonds. The van der Waals surface area contributed by atoms with Crippen molar-refractivity contribution in [1.29, 1.82) is 0 Å². The fourth-order valence-electron chi connectivity index (χ4n) is 9.17. The Kier molecular flexibility index (Phi) is 59.6. The second kappa shape index (κ2) is 62.2. The highest BCUT2D eigenvalue weighted by Crippen LogP contribution is 2.43. The standard InChI is InChI=1S/C73H127N2O6P/c1-6-8-10-12-14-16-18-20-22-24-26-28-30-31-32-33-34-35-36-37-38-39-40-41-42-43-45-47-49-51-53-55-57-59-61-63-65-67-73(77)74-71(70-81-82(78,79)80-69-68-75(3,4)5)72(76)66-64-62-60-58-56-54-52-50-48-46-44-29-27-25-23-21-19-17-15-13-11-9-7-2/h8,10,14,16,20,22,26,28,31-32,34-35,37-38,40-41,43,45,56,58,64,66,71-72,76H,6-7,9,11-13,15,17-19,21,23-25,27,29-30,33,36,39,42,44,46-55,57,59-63,65,67-70H2,1-5H3,(H-,74,77,78,79)/p+1/b10-8-,16-14-,22-20-,28-26-,32-31-,35-34-,38-37-,41-40-,45-43-,58-56+,66-64+. The first-order valence-corrected chi connectivity index (χ1v) is 35.1. The summed E-state index contributed by atoms with van der Waals surface area (Å²) in [5.41, 5.74) is 0. The number of aliphatic hydroxyl groups is 1. The minimum absolute atomic E-state index is 0.0488. The van der Waals surface area contributed by atoms with Gasteiger partial charge in [-0.2, -0.15) is 0 Å². The first-order valence-electron chi connectivity index (χ1n) is 33.6. The first-order chi connectivity index (χ1) is 40.0. The van der Waals surface area contributed by atoms with Gasteiger partial charge in [-0.05, 0) is 103 Å². The third-order valence-electron chi connectivity index (χ3n) is 14.4. The highest BCUT2D eigenvalue weighted by molar-refractivity contribution is 7.47. The zero-order valence-corrected chi connectivity index (χ0v) is 54.6. The minimum Gasteiger partial charge on any atom is -0.387 e. The normalized spacial score (nSPS) is 14.6. The molecule has 0 aromatic rings. The van der Waals surface area contributed by atoms with Crippen molar-refractivity contribution >= 4 is 13.7 Å². The van der Waals surface area contributed by atoms with Gasteiger partial charge in [-0.3, -0.25) is 13.8 Å². The number of phosphoric acid groups is 1. The molecule has 9 heteroatoms. The summed E-state index contributed by atoms with van der Waals surface area (Å²) in [6.07, 6.45) is 94.4. The van der Waals surface area contributed by atoms with Gasteiger partial charge >= 0.3 is 7.82 Å². The van der Waals surface area contributed by atoms with Crippen LogP contribution in [0.1, 0.15) is 271 Å². The van der Waals surface area contributed by atoms with Crippen LogP contribution in [-0.2, 0) is 18.4 Å². The molecule has 470 valence electrons. The summed E-state index contributed by atoms with van der Waals surface area (Å²) in [7, 11) is 1.54. The van der Waals surface area contributed by atoms with Crippen LogP contribution in [0.2, 0.25) is 0 Å². The number of rotatable bonds is 60. The van der Waals surface area contributed by atoms with Gasteiger partial charge in [0.25, 0.3) is 0 Å². The Morgan fingerprint density at radius 2 is 0.744 bits per heavy atom. The number of amides is 1. The fraction of sp³-hybridized carbons (Fsp3) is 0.685. The monoisotopic (exact) mass is 1160 g/mol. The summed E-state index contributed by atoms with van der Waals surface area (Å²) in [4.78, 5) is 23.4. The Morgan fingerprint density at radius 3 is 1.12 bits per heavy atom. The summed E-state index contributed by atoms with van der Waals surface area (Å²) in [5.74, 6) is -0.197. The predicted octanol–water partition coefficient (Wildman–Crippen LogP) is 21.4. The number of hydrogen-bond donors (Lipinski definition) is 3. The molecule has 3 N–H and O–H groups in total. The largest absolute Gasteiger partial charge is 0.472 e. The van der Waals surface area contributed by atoms with E-state index in [1.54, 1.807) is 6.08 Å². The summed E-state index contributed by atoms with van der Waals surface area (Å²) in [6, 6.07) is -0.877. The van der Waals surface area contributed by atoms with Crippen LogP contribution in [0.3, 0.4) is 0 Å². The number of quaternary nitrogens is 1. The van der Waals surface area contributed by atoms with Crippen molar-refractivity contribution in [3.8, 4) is 0 Å². The topological polar surface area (TPSA) is 105 Å². The van der Waals surface area contributed by atoms with E-state index in [1.807, 2.05) is 27.2 Å². The fourth-order valence-corrected chi connectivity index (χ4v) is 9.91. The molecule has 0 aromatic carbocycles. The number of aliphatic hydroxyl groups excluding tert-OH is 1. The molecule has 8 nitrogen and oxygen atoms in total. The van der Waals surface area contributed by atoms with Gasteiger partial charge in [0, 0.05) is 6.42 Å². The summed E-state index contributed by atoms with van der Waals surface area (Å²) < 4.78 is 23.8. The maximum Gasteiger partial charge on any atom is 0.472 e. The van der Waals surface area contributed by atoms with Crippen molar-refractivity contribution in [3.63, 3.8) is 0 Å². The van der Waals surface area contributed by atoms with E-state index in [9.17, 15) is 19.4 Å². The van der Waals surface area contributed by atoms with Crippen LogP contribution in [0, 0.1) is 0 Å². The molecule has 0 rings (SSSR count). The molecule has 0 aliphatic carbocycles. The maximum atomic E-state index is 13.0. The van der Waals surface area contributed by atoms with Crippen molar-refractivity contribution in [2.24, 2.45) is 0 Å². The number of nitrogens with one attached hydrogen (secondary N) is 1. The maximum absolute atomic E-state index is 13.0. The van der Waals surface area contributed by atoms with Crippen molar-refractivity contribution in [2.75, 3.05) is 40.9 Å². The molecular formula is C73H128N2O6P+. The van der Waals surface area contributed by atoms with Gasteiger partial charge in [0.2, 0.25) is 5.91 Å². The lowest BCUT2D eigenvalue weighted by atomic mass is 10.0. The molecule has 0 saturated carbocycles. The SMILES string of the molecule is CC/C=C\C/C=C\C/C=C\C/C=C\C/C=C\C/C=C\C/C=C\C/C=C\C/C=C\CCCCCCCCCCCC(=O)NC(COP(=O)(O)OCC[N+](C)(C)C)C(O)/C=C/CC/C=C/CCCCCCCCCCCCCCCCCCC. The number of nitrogens with zero attached hydrogens (tertiary/aromatic N) is 1. The predicted molar refractivity (Wildman–Crippen MR) is 359 cm³/mol. The number of unbranched alkanes of at least 4 members (excludes halogenated alkanes) is 27. The van der Waals surface area contributed by atoms with E-state index in [-0.39, 0.29) is 19.1 Å². The van der Waals surface area contributed by atoms with Gasteiger partial charge in [0.1, 0.15) is 13.2 Å². The Hall–Kier alpha value is -3.36. The molecule has 3 unspecified atom stereocenters. The van der Waals surface area contributed by atoms with Gasteiger partial charge in [0.15, 0.2) is 0 Å². The number of allylic oxidation sites excluding steroid dienone is 21. The molecule has 0 aliphatic rings. The molecule has 0 bridgehead atoms. The van der Waals surface area contributed by atoms with E-state index in [4.69, 9.17) is 9.05 Å². The number of hydrogen-bond acceptors (Lipinski definition) is 5. The molecule has 3 atom stereocenters. The van der Waals surface area contributed by atoms with Crippen LogP contribution < -0.4 is 5.32 Å². The molecule has 0 aromatic heterocycles. The number of carbonyl (C=O) groups excluding carboxylic acids is 1. The zero-order valence-electron chi connectivity index (χ0n) is 53.7. The van der Waals surface area contributed by atoms with E-state index >= 15 is 0 Å². The smallest absolute Gasteiger partial charge is 0.387 e. The first kappa shape index (κ1) is 78.6. The zero-order chi connectivity index (χ0) is 59.8. The van der Waals surface area contributed by atoms with E-state index in [0.29, 0.717) is 17.4 Å². The van der Waals surface area contributed by atoms with Crippen LogP contribution in [0.25, 0.3) is 0 Å². The summed E-state index contributed by atoms with van der Waals surface area (Å²) in [5, 5.41) is 14.0. The number of carbonyl (C=O) groups is 1. The lowest BCUT2D eigenvalue weighted by Gasteiger charge is -2.25. The Morgan fingerprint density at radius 1 is 0.427 bits per heavy atom. The van der Waals surface area contributed by atoms with E-state index in [1.165, 1.54) is 148 Å². The number of phosphoric ester groups is 1. The lowest BCUT2D eigenvalue weighted by Crippen LogP contribution is -2.45. The van der Waals surface area contributed by atoms with Crippen LogP contribution >= 0.6 is 7.82 Å². The highest BCUT2D eigenvalue weighted by Gasteiger charge is 2.27. The van der Waals surface area contributed by atoms with Crippen molar-refractivity contribution in [1.82, 2.24) is 5.32 Å². The molecule has 0 fully saturated rings. The van der Waals surface area contributed by atoms with Crippen molar-refractivity contribution in [3.05, 3.63) is 134 Å². The molecule has 0 saturated heterocycles. The Bertz CT molecular complexity index is 1800. The van der Waals surface area contributed by atoms with Crippen molar-refractivity contribution in [2.45, 2.75) is 283 Å². The van der Waals surface area contributed by atoms with E-state index < -0.39 is 20.0 Å². The lowest BCUT2D eigenvalue weighted by molar-refractivity contribution is -0.870. The average molecular weight is 1160 g/mol. The molecule has 0 aliphatic heterocycles. The Labute approximate surface area is 506 Å². The van der Waals surface area contributed by atoms with Crippen LogP contribution in [0.5, 0.6) is 0 Å². The minimum atomic E-state index is -4.37. The summed E-state index contributed by atoms with van der Waals surface area (Å²) in [6.45, 7) is 4.68. The van der Waals surface area contributed by atoms with Gasteiger partial charge in [-0.25, -0.2) is 4.57 Å². The van der Waals surface area contributed by atoms with Gasteiger partial charge in [0.05, 0.1) is 39.9 Å². The molecule has 0 spiro atoms. The second-order valence-electron chi connectivity index (χ2n) is 23.5. The molecule has 0 radical (unpaired) electrons. The molecular weight excluding hydrogens is 1030 g/mol. The van der Waals surface area contributed by atoms with E-state index in [0.717, 1.165) is 103 Å². The summed E-state index contributed by atoms with van der Waals surface area (Å²) >= 11 is 0. The van der Waals surface area contributed by atoms with Gasteiger partial charge in [-0.15, -0.1) is 0 Å².